The zero-order valence-corrected chi connectivity index (χ0v) is 20.0. The van der Waals surface area contributed by atoms with Gasteiger partial charge in [-0.05, 0) is 19.8 Å². The van der Waals surface area contributed by atoms with E-state index in [1.54, 1.807) is 34.9 Å². The minimum atomic E-state index is -0.636. The van der Waals surface area contributed by atoms with E-state index >= 15 is 0 Å². The second-order valence-electron chi connectivity index (χ2n) is 10.1. The number of likely N-dealkylation sites (N-methyl/N-ethyl adjacent to an activating group) is 1. The Morgan fingerprint density at radius 1 is 1.16 bits per heavy atom. The lowest BCUT2D eigenvalue weighted by Gasteiger charge is -2.41. The van der Waals surface area contributed by atoms with Crippen LogP contribution in [0.3, 0.4) is 0 Å². The standard InChI is InChI=1S/C21H38N6O4/c1-12-13(2)23-27(14(12)3)19-22-17-16(25(19)9-10-31-8)18(29)26(20(30)24(17)7)11-15(28)21(4,5)6/h12-14,16-17,19,22-23H,9-11H2,1-8H3. The van der Waals surface area contributed by atoms with E-state index in [2.05, 4.69) is 36.5 Å². The first kappa shape index (κ1) is 24.1. The van der Waals surface area contributed by atoms with Crippen molar-refractivity contribution in [3.8, 4) is 0 Å². The quantitative estimate of drug-likeness (QED) is 0.610. The number of carbonyl (C=O) groups is 3. The molecule has 31 heavy (non-hydrogen) atoms. The Balaban J connectivity index is 1.91. The predicted octanol–water partition coefficient (Wildman–Crippen LogP) is 0.259. The van der Waals surface area contributed by atoms with Gasteiger partial charge in [-0.15, -0.1) is 0 Å². The smallest absolute Gasteiger partial charge is 0.328 e. The second-order valence-corrected chi connectivity index (χ2v) is 10.1. The van der Waals surface area contributed by atoms with Gasteiger partial charge < -0.3 is 9.64 Å². The van der Waals surface area contributed by atoms with E-state index in [0.717, 1.165) is 4.90 Å². The van der Waals surface area contributed by atoms with Crippen molar-refractivity contribution in [2.24, 2.45) is 11.3 Å². The molecule has 3 rings (SSSR count). The monoisotopic (exact) mass is 438 g/mol. The van der Waals surface area contributed by atoms with E-state index < -0.39 is 23.7 Å². The fourth-order valence-electron chi connectivity index (χ4n) is 4.50. The molecule has 10 heteroatoms. The highest BCUT2D eigenvalue weighted by Gasteiger charge is 2.57. The molecule has 0 spiro atoms. The van der Waals surface area contributed by atoms with Gasteiger partial charge in [-0.1, -0.05) is 27.7 Å². The topological polar surface area (TPSA) is 97.5 Å². The fourth-order valence-corrected chi connectivity index (χ4v) is 4.50. The number of hydrogen-bond donors (Lipinski definition) is 2. The lowest BCUT2D eigenvalue weighted by atomic mass is 9.90. The summed E-state index contributed by atoms with van der Waals surface area (Å²) in [4.78, 5) is 43.9. The molecule has 6 atom stereocenters. The molecule has 3 aliphatic heterocycles. The summed E-state index contributed by atoms with van der Waals surface area (Å²) in [6.07, 6.45) is -0.770. The third-order valence-electron chi connectivity index (χ3n) is 7.06. The van der Waals surface area contributed by atoms with Crippen LogP contribution in [0, 0.1) is 11.3 Å². The maximum atomic E-state index is 13.5. The average molecular weight is 439 g/mol. The minimum Gasteiger partial charge on any atom is -0.383 e. The highest BCUT2D eigenvalue weighted by atomic mass is 16.5. The highest BCUT2D eigenvalue weighted by molar-refractivity contribution is 6.04. The minimum absolute atomic E-state index is 0.149. The summed E-state index contributed by atoms with van der Waals surface area (Å²) in [6.45, 7) is 12.6. The summed E-state index contributed by atoms with van der Waals surface area (Å²) in [5.41, 5.74) is 2.89. The summed E-state index contributed by atoms with van der Waals surface area (Å²) < 4.78 is 5.31. The van der Waals surface area contributed by atoms with Gasteiger partial charge in [-0.25, -0.2) is 15.2 Å². The molecule has 3 saturated heterocycles. The van der Waals surface area contributed by atoms with Crippen LogP contribution in [0.1, 0.15) is 41.5 Å². The first-order chi connectivity index (χ1) is 14.4. The Kier molecular flexibility index (Phi) is 6.79. The van der Waals surface area contributed by atoms with Gasteiger partial charge in [-0.3, -0.25) is 24.7 Å². The van der Waals surface area contributed by atoms with Crippen LogP contribution in [0.15, 0.2) is 0 Å². The van der Waals surface area contributed by atoms with Gasteiger partial charge in [0.2, 0.25) is 0 Å². The Bertz CT molecular complexity index is 725. The van der Waals surface area contributed by atoms with Crippen molar-refractivity contribution in [1.82, 2.24) is 30.5 Å². The number of nitrogens with zero attached hydrogens (tertiary/aromatic N) is 4. The number of imide groups is 1. The first-order valence-corrected chi connectivity index (χ1v) is 11.1. The van der Waals surface area contributed by atoms with Gasteiger partial charge in [0.15, 0.2) is 5.78 Å². The van der Waals surface area contributed by atoms with Crippen LogP contribution in [0.2, 0.25) is 0 Å². The number of fused-ring (bicyclic) bond motifs is 1. The largest absolute Gasteiger partial charge is 0.383 e. The molecule has 0 aromatic rings. The molecule has 6 unspecified atom stereocenters. The highest BCUT2D eigenvalue weighted by Crippen LogP contribution is 2.32. The number of carbonyl (C=O) groups excluding carboxylic acids is 3. The number of methoxy groups -OCH3 is 1. The zero-order chi connectivity index (χ0) is 23.2. The molecule has 0 bridgehead atoms. The summed E-state index contributed by atoms with van der Waals surface area (Å²) in [5.74, 6) is -0.0705. The molecular formula is C21H38N6O4. The van der Waals surface area contributed by atoms with E-state index in [9.17, 15) is 14.4 Å². The molecule has 0 aliphatic carbocycles. The summed E-state index contributed by atoms with van der Waals surface area (Å²) in [6, 6.07) is -0.532. The third kappa shape index (κ3) is 4.23. The SMILES string of the molecule is COCCN1C2C(=O)N(CC(=O)C(C)(C)C)C(=O)N(C)C2NC1N1NC(C)C(C)C1C. The number of hydrogen-bond acceptors (Lipinski definition) is 8. The molecule has 176 valence electrons. The second kappa shape index (κ2) is 8.74. The molecular weight excluding hydrogens is 400 g/mol. The number of hydrazine groups is 1. The van der Waals surface area contributed by atoms with E-state index in [0.29, 0.717) is 25.1 Å². The molecule has 0 saturated carbocycles. The molecule has 0 aromatic heterocycles. The summed E-state index contributed by atoms with van der Waals surface area (Å²) in [7, 11) is 3.31. The number of amides is 3. The normalized spacial score (nSPS) is 35.2. The molecule has 0 radical (unpaired) electrons. The Morgan fingerprint density at radius 3 is 2.32 bits per heavy atom. The van der Waals surface area contributed by atoms with Crippen LogP contribution in [-0.4, -0.2) is 102 Å². The predicted molar refractivity (Wildman–Crippen MR) is 115 cm³/mol. The molecule has 0 aromatic carbocycles. The van der Waals surface area contributed by atoms with Gasteiger partial charge in [0, 0.05) is 38.2 Å². The van der Waals surface area contributed by atoms with E-state index in [-0.39, 0.29) is 30.6 Å². The Morgan fingerprint density at radius 2 is 1.81 bits per heavy atom. The van der Waals surface area contributed by atoms with Crippen LogP contribution in [0.4, 0.5) is 4.79 Å². The molecule has 10 nitrogen and oxygen atoms in total. The van der Waals surface area contributed by atoms with Crippen molar-refractivity contribution >= 4 is 17.7 Å². The van der Waals surface area contributed by atoms with Crippen molar-refractivity contribution < 1.29 is 19.1 Å². The zero-order valence-electron chi connectivity index (χ0n) is 20.0. The molecule has 3 fully saturated rings. The van der Waals surface area contributed by atoms with Crippen LogP contribution < -0.4 is 10.7 Å². The fraction of sp³-hybridized carbons (Fsp3) is 0.857. The summed E-state index contributed by atoms with van der Waals surface area (Å²) >= 11 is 0. The third-order valence-corrected chi connectivity index (χ3v) is 7.06. The molecule has 3 aliphatic rings. The number of ether oxygens (including phenoxy) is 1. The Hall–Kier alpha value is -1.59. The van der Waals surface area contributed by atoms with Crippen molar-refractivity contribution in [2.45, 2.75) is 72.1 Å². The molecule has 3 amide bonds. The summed E-state index contributed by atoms with van der Waals surface area (Å²) in [5, 5.41) is 5.62. The number of nitrogens with one attached hydrogen (secondary N) is 2. The van der Waals surface area contributed by atoms with E-state index in [1.165, 1.54) is 4.90 Å². The molecule has 2 N–H and O–H groups in total. The number of ketones is 1. The van der Waals surface area contributed by atoms with Gasteiger partial charge in [0.25, 0.3) is 5.91 Å². The van der Waals surface area contributed by atoms with Crippen LogP contribution in [0.25, 0.3) is 0 Å². The van der Waals surface area contributed by atoms with Crippen molar-refractivity contribution in [3.63, 3.8) is 0 Å². The average Bonchev–Trinajstić information content (AvgIpc) is 3.19. The Labute approximate surface area is 185 Å². The number of Topliss-reactive ketones (excluding diaryl/α,β-unsaturated/α-hetero) is 1. The van der Waals surface area contributed by atoms with Crippen molar-refractivity contribution in [1.29, 1.82) is 0 Å². The van der Waals surface area contributed by atoms with Gasteiger partial charge in [0.05, 0.1) is 13.2 Å². The maximum absolute atomic E-state index is 13.5. The lowest BCUT2D eigenvalue weighted by molar-refractivity contribution is -0.143. The molecule has 3 heterocycles. The van der Waals surface area contributed by atoms with E-state index in [4.69, 9.17) is 4.74 Å². The van der Waals surface area contributed by atoms with Gasteiger partial charge in [-0.2, -0.15) is 0 Å². The number of rotatable bonds is 6. The van der Waals surface area contributed by atoms with Gasteiger partial charge >= 0.3 is 6.03 Å². The van der Waals surface area contributed by atoms with Crippen LogP contribution in [0.5, 0.6) is 0 Å². The van der Waals surface area contributed by atoms with Crippen molar-refractivity contribution in [2.75, 3.05) is 33.9 Å². The van der Waals surface area contributed by atoms with Crippen LogP contribution >= 0.6 is 0 Å². The number of urea groups is 1. The first-order valence-electron chi connectivity index (χ1n) is 11.1. The lowest BCUT2D eigenvalue weighted by Crippen LogP contribution is -2.67. The maximum Gasteiger partial charge on any atom is 0.328 e. The van der Waals surface area contributed by atoms with E-state index in [1.807, 2.05) is 4.90 Å². The van der Waals surface area contributed by atoms with Crippen molar-refractivity contribution in [3.05, 3.63) is 0 Å². The van der Waals surface area contributed by atoms with Gasteiger partial charge in [0.1, 0.15) is 18.5 Å². The van der Waals surface area contributed by atoms with Crippen LogP contribution in [-0.2, 0) is 14.3 Å².